The Morgan fingerprint density at radius 3 is 2.57 bits per heavy atom. The number of anilines is 1. The third-order valence-electron chi connectivity index (χ3n) is 3.68. The Balaban J connectivity index is 1.66. The van der Waals surface area contributed by atoms with E-state index in [-0.39, 0.29) is 12.4 Å². The smallest absolute Gasteiger partial charge is 0.255 e. The van der Waals surface area contributed by atoms with Crippen molar-refractivity contribution in [3.63, 3.8) is 0 Å². The van der Waals surface area contributed by atoms with E-state index in [2.05, 4.69) is 4.72 Å². The molecule has 0 saturated carbocycles. The van der Waals surface area contributed by atoms with Gasteiger partial charge in [0.05, 0.1) is 11.1 Å². The van der Waals surface area contributed by atoms with Crippen LogP contribution in [0.2, 0.25) is 5.02 Å². The zero-order valence-corrected chi connectivity index (χ0v) is 16.3. The number of hydrogen-bond acceptors (Lipinski definition) is 3. The summed E-state index contributed by atoms with van der Waals surface area (Å²) in [6.07, 6.45) is 1.46. The molecule has 4 nitrogen and oxygen atoms in total. The standard InChI is InChI=1S/C21H17ClFNO3S/c22-18-6-1-4-16(12-18)10-11-28(25,26)24-20-8-3-9-21(14-20)27-15-17-5-2-7-19(23)13-17/h1-14,24H,15H2. The van der Waals surface area contributed by atoms with E-state index in [4.69, 9.17) is 16.3 Å². The molecule has 7 heteroatoms. The highest BCUT2D eigenvalue weighted by atomic mass is 35.5. The van der Waals surface area contributed by atoms with Crippen molar-refractivity contribution in [3.05, 3.63) is 100 Å². The van der Waals surface area contributed by atoms with Crippen molar-refractivity contribution in [2.45, 2.75) is 6.61 Å². The van der Waals surface area contributed by atoms with Crippen molar-refractivity contribution in [1.29, 1.82) is 0 Å². The van der Waals surface area contributed by atoms with Crippen LogP contribution < -0.4 is 9.46 Å². The molecule has 1 N–H and O–H groups in total. The molecule has 0 saturated heterocycles. The van der Waals surface area contributed by atoms with Crippen LogP contribution in [0.5, 0.6) is 5.75 Å². The first-order valence-electron chi connectivity index (χ1n) is 8.33. The lowest BCUT2D eigenvalue weighted by molar-refractivity contribution is 0.306. The zero-order chi connectivity index (χ0) is 20.0. The number of rotatable bonds is 7. The lowest BCUT2D eigenvalue weighted by Gasteiger charge is -2.09. The van der Waals surface area contributed by atoms with E-state index >= 15 is 0 Å². The summed E-state index contributed by atoms with van der Waals surface area (Å²) >= 11 is 5.89. The molecule has 0 fully saturated rings. The largest absolute Gasteiger partial charge is 0.489 e. The Hall–Kier alpha value is -2.83. The van der Waals surface area contributed by atoms with Crippen LogP contribution in [0.1, 0.15) is 11.1 Å². The first-order valence-corrected chi connectivity index (χ1v) is 10.3. The minimum absolute atomic E-state index is 0.169. The Labute approximate surface area is 168 Å². The molecule has 3 aromatic rings. The van der Waals surface area contributed by atoms with Crippen LogP contribution in [0, 0.1) is 5.82 Å². The van der Waals surface area contributed by atoms with E-state index in [0.717, 1.165) is 5.41 Å². The predicted molar refractivity (Wildman–Crippen MR) is 110 cm³/mol. The summed E-state index contributed by atoms with van der Waals surface area (Å²) in [4.78, 5) is 0. The number of benzene rings is 3. The summed E-state index contributed by atoms with van der Waals surface area (Å²) in [6.45, 7) is 0.169. The van der Waals surface area contributed by atoms with Crippen molar-refractivity contribution < 1.29 is 17.5 Å². The molecule has 0 aliphatic rings. The molecule has 0 spiro atoms. The van der Waals surface area contributed by atoms with E-state index in [1.807, 2.05) is 0 Å². The van der Waals surface area contributed by atoms with Gasteiger partial charge in [-0.1, -0.05) is 41.9 Å². The Morgan fingerprint density at radius 2 is 1.79 bits per heavy atom. The molecule has 0 radical (unpaired) electrons. The molecule has 3 rings (SSSR count). The molecule has 0 bridgehead atoms. The van der Waals surface area contributed by atoms with Gasteiger partial charge in [0.2, 0.25) is 0 Å². The van der Waals surface area contributed by atoms with Gasteiger partial charge in [0, 0.05) is 11.1 Å². The molecular weight excluding hydrogens is 401 g/mol. The van der Waals surface area contributed by atoms with Gasteiger partial charge in [0.25, 0.3) is 10.0 Å². The monoisotopic (exact) mass is 417 g/mol. The Kier molecular flexibility index (Phi) is 6.34. The van der Waals surface area contributed by atoms with Crippen molar-refractivity contribution in [2.75, 3.05) is 4.72 Å². The van der Waals surface area contributed by atoms with Gasteiger partial charge in [-0.2, -0.15) is 0 Å². The van der Waals surface area contributed by atoms with Crippen molar-refractivity contribution in [1.82, 2.24) is 0 Å². The molecule has 3 aromatic carbocycles. The molecule has 0 aromatic heterocycles. The van der Waals surface area contributed by atoms with Gasteiger partial charge in [-0.05, 0) is 53.6 Å². The highest BCUT2D eigenvalue weighted by Gasteiger charge is 2.07. The van der Waals surface area contributed by atoms with Gasteiger partial charge >= 0.3 is 0 Å². The van der Waals surface area contributed by atoms with Gasteiger partial charge in [0.15, 0.2) is 0 Å². The number of ether oxygens (including phenoxy) is 1. The molecule has 0 aliphatic carbocycles. The second kappa shape index (κ2) is 8.91. The highest BCUT2D eigenvalue weighted by molar-refractivity contribution is 7.95. The summed E-state index contributed by atoms with van der Waals surface area (Å²) in [6, 6.07) is 19.5. The van der Waals surface area contributed by atoms with Crippen LogP contribution in [0.3, 0.4) is 0 Å². The van der Waals surface area contributed by atoms with Gasteiger partial charge in [-0.15, -0.1) is 0 Å². The van der Waals surface area contributed by atoms with E-state index in [1.54, 1.807) is 60.7 Å². The molecule has 144 valence electrons. The summed E-state index contributed by atoms with van der Waals surface area (Å²) in [5, 5.41) is 1.59. The predicted octanol–water partition coefficient (Wildman–Crippen LogP) is 5.47. The second-order valence-electron chi connectivity index (χ2n) is 5.95. The second-order valence-corrected chi connectivity index (χ2v) is 7.95. The van der Waals surface area contributed by atoms with E-state index in [9.17, 15) is 12.8 Å². The maximum atomic E-state index is 13.2. The topological polar surface area (TPSA) is 55.4 Å². The molecule has 28 heavy (non-hydrogen) atoms. The third-order valence-corrected chi connectivity index (χ3v) is 4.93. The van der Waals surface area contributed by atoms with Crippen LogP contribution in [-0.4, -0.2) is 8.42 Å². The summed E-state index contributed by atoms with van der Waals surface area (Å²) in [5.74, 6) is 0.123. The molecular formula is C21H17ClFNO3S. The van der Waals surface area contributed by atoms with Crippen LogP contribution in [0.15, 0.2) is 78.2 Å². The first kappa shape index (κ1) is 19.9. The zero-order valence-electron chi connectivity index (χ0n) is 14.7. The van der Waals surface area contributed by atoms with E-state index in [0.29, 0.717) is 27.6 Å². The molecule has 0 heterocycles. The third kappa shape index (κ3) is 6.11. The SMILES string of the molecule is O=S(=O)(C=Cc1cccc(Cl)c1)Nc1cccc(OCc2cccc(F)c2)c1. The van der Waals surface area contributed by atoms with E-state index in [1.165, 1.54) is 18.2 Å². The number of hydrogen-bond donors (Lipinski definition) is 1. The molecule has 0 atom stereocenters. The number of halogens is 2. The lowest BCUT2D eigenvalue weighted by atomic mass is 10.2. The normalized spacial score (nSPS) is 11.5. The summed E-state index contributed by atoms with van der Waals surface area (Å²) < 4.78 is 45.8. The summed E-state index contributed by atoms with van der Waals surface area (Å²) in [7, 11) is -3.71. The Morgan fingerprint density at radius 1 is 1.00 bits per heavy atom. The highest BCUT2D eigenvalue weighted by Crippen LogP contribution is 2.20. The molecule has 0 unspecified atom stereocenters. The van der Waals surface area contributed by atoms with Crippen molar-refractivity contribution in [2.24, 2.45) is 0 Å². The van der Waals surface area contributed by atoms with Gasteiger partial charge < -0.3 is 4.74 Å². The van der Waals surface area contributed by atoms with Crippen LogP contribution >= 0.6 is 11.6 Å². The minimum Gasteiger partial charge on any atom is -0.489 e. The Bertz CT molecular complexity index is 1100. The van der Waals surface area contributed by atoms with Crippen molar-refractivity contribution in [3.8, 4) is 5.75 Å². The number of nitrogens with one attached hydrogen (secondary N) is 1. The number of sulfonamides is 1. The molecule has 0 aliphatic heterocycles. The summed E-state index contributed by atoms with van der Waals surface area (Å²) in [5.41, 5.74) is 1.70. The average Bonchev–Trinajstić information content (AvgIpc) is 2.65. The average molecular weight is 418 g/mol. The van der Waals surface area contributed by atoms with Gasteiger partial charge in [0.1, 0.15) is 18.2 Å². The first-order chi connectivity index (χ1) is 13.4. The van der Waals surface area contributed by atoms with Crippen LogP contribution in [0.25, 0.3) is 6.08 Å². The lowest BCUT2D eigenvalue weighted by Crippen LogP contribution is -2.09. The van der Waals surface area contributed by atoms with Gasteiger partial charge in [-0.25, -0.2) is 12.8 Å². The van der Waals surface area contributed by atoms with Crippen LogP contribution in [0.4, 0.5) is 10.1 Å². The fourth-order valence-corrected chi connectivity index (χ4v) is 3.48. The fourth-order valence-electron chi connectivity index (χ4n) is 2.42. The fraction of sp³-hybridized carbons (Fsp3) is 0.0476. The minimum atomic E-state index is -3.71. The van der Waals surface area contributed by atoms with E-state index < -0.39 is 10.0 Å². The van der Waals surface area contributed by atoms with Crippen LogP contribution in [-0.2, 0) is 16.6 Å². The molecule has 0 amide bonds. The van der Waals surface area contributed by atoms with Gasteiger partial charge in [-0.3, -0.25) is 4.72 Å². The quantitative estimate of drug-likeness (QED) is 0.554. The maximum absolute atomic E-state index is 13.2. The maximum Gasteiger partial charge on any atom is 0.255 e. The van der Waals surface area contributed by atoms with Crippen molar-refractivity contribution >= 4 is 33.4 Å².